The summed E-state index contributed by atoms with van der Waals surface area (Å²) in [4.78, 5) is 13.1. The first-order valence-electron chi connectivity index (χ1n) is 4.68. The van der Waals surface area contributed by atoms with Gasteiger partial charge >= 0.3 is 0 Å². The number of aromatic amines is 1. The Morgan fingerprint density at radius 3 is 2.78 bits per heavy atom. The van der Waals surface area contributed by atoms with Gasteiger partial charge in [0.05, 0.1) is 0 Å². The molecule has 0 atom stereocenters. The maximum atomic E-state index is 11.9. The van der Waals surface area contributed by atoms with Gasteiger partial charge in [0.1, 0.15) is 9.92 Å². The minimum absolute atomic E-state index is 0.0693. The zero-order chi connectivity index (χ0) is 13.2. The van der Waals surface area contributed by atoms with Gasteiger partial charge in [-0.1, -0.05) is 11.6 Å². The molecular formula is C9H7ClN4O3S. The maximum absolute atomic E-state index is 11.9. The van der Waals surface area contributed by atoms with E-state index in [0.717, 1.165) is 12.3 Å². The lowest BCUT2D eigenvalue weighted by molar-refractivity contribution is 0.600. The summed E-state index contributed by atoms with van der Waals surface area (Å²) in [6.07, 6.45) is 2.46. The van der Waals surface area contributed by atoms with Crippen molar-refractivity contribution < 1.29 is 8.42 Å². The maximum Gasteiger partial charge on any atom is 0.266 e. The third kappa shape index (κ3) is 2.66. The molecule has 0 fully saturated rings. The van der Waals surface area contributed by atoms with Crippen molar-refractivity contribution in [3.05, 3.63) is 46.0 Å². The van der Waals surface area contributed by atoms with Gasteiger partial charge in [-0.25, -0.2) is 8.42 Å². The molecule has 0 aromatic carbocycles. The zero-order valence-electron chi connectivity index (χ0n) is 8.79. The molecule has 0 aliphatic carbocycles. The first-order chi connectivity index (χ1) is 8.49. The van der Waals surface area contributed by atoms with Crippen molar-refractivity contribution in [2.75, 3.05) is 4.72 Å². The van der Waals surface area contributed by atoms with Crippen LogP contribution in [0.3, 0.4) is 0 Å². The minimum atomic E-state index is -3.86. The first kappa shape index (κ1) is 12.5. The summed E-state index contributed by atoms with van der Waals surface area (Å²) in [5.74, 6) is 0.0693. The summed E-state index contributed by atoms with van der Waals surface area (Å²) in [6.45, 7) is 0. The molecule has 2 N–H and O–H groups in total. The van der Waals surface area contributed by atoms with Gasteiger partial charge in [0.2, 0.25) is 0 Å². The molecule has 2 aromatic rings. The van der Waals surface area contributed by atoms with Crippen molar-refractivity contribution in [3.63, 3.8) is 0 Å². The van der Waals surface area contributed by atoms with E-state index in [4.69, 9.17) is 11.6 Å². The van der Waals surface area contributed by atoms with E-state index < -0.39 is 15.6 Å². The molecule has 0 bridgehead atoms. The number of nitrogens with zero attached hydrogens (tertiary/aromatic N) is 2. The molecule has 0 aliphatic rings. The van der Waals surface area contributed by atoms with Crippen molar-refractivity contribution in [3.8, 4) is 0 Å². The monoisotopic (exact) mass is 286 g/mol. The Kier molecular flexibility index (Phi) is 3.30. The Labute approximate surface area is 107 Å². The van der Waals surface area contributed by atoms with Gasteiger partial charge in [0, 0.05) is 12.4 Å². The van der Waals surface area contributed by atoms with E-state index in [1.807, 2.05) is 0 Å². The number of hydrogen-bond acceptors (Lipinski definition) is 5. The summed E-state index contributed by atoms with van der Waals surface area (Å²) in [5.41, 5.74) is -0.560. The molecule has 2 rings (SSSR count). The number of anilines is 1. The van der Waals surface area contributed by atoms with Crippen LogP contribution in [0.25, 0.3) is 0 Å². The second kappa shape index (κ2) is 4.75. The highest BCUT2D eigenvalue weighted by Crippen LogP contribution is 2.14. The Balaban J connectivity index is 2.37. The van der Waals surface area contributed by atoms with Crippen molar-refractivity contribution in [2.45, 2.75) is 4.90 Å². The van der Waals surface area contributed by atoms with Crippen LogP contribution >= 0.6 is 11.6 Å². The fourth-order valence-corrected chi connectivity index (χ4v) is 2.37. The normalized spacial score (nSPS) is 11.2. The number of hydrogen-bond donors (Lipinski definition) is 2. The van der Waals surface area contributed by atoms with Crippen LogP contribution < -0.4 is 10.3 Å². The SMILES string of the molecule is O=c1[nH]cc(S(=O)(=O)Nc2cccnn2)cc1Cl. The molecule has 2 aromatic heterocycles. The largest absolute Gasteiger partial charge is 0.326 e. The minimum Gasteiger partial charge on any atom is -0.326 e. The number of H-pyrrole nitrogens is 1. The molecule has 94 valence electrons. The molecule has 0 saturated carbocycles. The molecule has 7 nitrogen and oxygen atoms in total. The molecule has 0 saturated heterocycles. The predicted molar refractivity (Wildman–Crippen MR) is 64.9 cm³/mol. The number of pyridine rings is 1. The molecule has 0 spiro atoms. The molecule has 9 heteroatoms. The highest BCUT2D eigenvalue weighted by Gasteiger charge is 2.16. The highest BCUT2D eigenvalue weighted by molar-refractivity contribution is 7.92. The average Bonchev–Trinajstić information content (AvgIpc) is 2.33. The molecule has 0 radical (unpaired) electrons. The number of nitrogens with one attached hydrogen (secondary N) is 2. The van der Waals surface area contributed by atoms with E-state index in [0.29, 0.717) is 0 Å². The topological polar surface area (TPSA) is 105 Å². The van der Waals surface area contributed by atoms with Crippen molar-refractivity contribution >= 4 is 27.4 Å². The highest BCUT2D eigenvalue weighted by atomic mass is 35.5. The Morgan fingerprint density at radius 2 is 2.17 bits per heavy atom. The predicted octanol–water partition coefficient (Wildman–Crippen LogP) is 0.619. The van der Waals surface area contributed by atoms with Crippen LogP contribution in [-0.4, -0.2) is 23.6 Å². The van der Waals surface area contributed by atoms with Crippen molar-refractivity contribution in [2.24, 2.45) is 0 Å². The van der Waals surface area contributed by atoms with E-state index in [1.165, 1.54) is 18.3 Å². The molecule has 0 amide bonds. The second-order valence-corrected chi connectivity index (χ2v) is 5.32. The van der Waals surface area contributed by atoms with Crippen LogP contribution in [0.2, 0.25) is 5.02 Å². The van der Waals surface area contributed by atoms with Crippen LogP contribution in [0.4, 0.5) is 5.82 Å². The third-order valence-electron chi connectivity index (χ3n) is 1.95. The van der Waals surface area contributed by atoms with Crippen LogP contribution in [0.1, 0.15) is 0 Å². The Morgan fingerprint density at radius 1 is 1.39 bits per heavy atom. The van der Waals surface area contributed by atoms with Gasteiger partial charge < -0.3 is 4.98 Å². The summed E-state index contributed by atoms with van der Waals surface area (Å²) in [5, 5.41) is 6.91. The lowest BCUT2D eigenvalue weighted by atomic mass is 10.5. The van der Waals surface area contributed by atoms with Crippen LogP contribution in [0, 0.1) is 0 Å². The lowest BCUT2D eigenvalue weighted by Crippen LogP contribution is -2.16. The lowest BCUT2D eigenvalue weighted by Gasteiger charge is -2.06. The number of sulfonamides is 1. The zero-order valence-corrected chi connectivity index (χ0v) is 10.4. The smallest absolute Gasteiger partial charge is 0.266 e. The standard InChI is InChI=1S/C9H7ClN4O3S/c10-7-4-6(5-11-9(7)15)18(16,17)14-8-2-1-3-12-13-8/h1-5H,(H,11,15)(H,13,14). The van der Waals surface area contributed by atoms with E-state index in [9.17, 15) is 13.2 Å². The van der Waals surface area contributed by atoms with E-state index in [1.54, 1.807) is 0 Å². The van der Waals surface area contributed by atoms with Crippen LogP contribution in [0.5, 0.6) is 0 Å². The van der Waals surface area contributed by atoms with E-state index in [2.05, 4.69) is 19.9 Å². The van der Waals surface area contributed by atoms with Gasteiger partial charge in [-0.3, -0.25) is 9.52 Å². The van der Waals surface area contributed by atoms with Gasteiger partial charge in [-0.2, -0.15) is 5.10 Å². The molecule has 2 heterocycles. The van der Waals surface area contributed by atoms with Gasteiger partial charge in [-0.05, 0) is 18.2 Å². The number of rotatable bonds is 3. The molecule has 0 aliphatic heterocycles. The number of aromatic nitrogens is 3. The van der Waals surface area contributed by atoms with E-state index >= 15 is 0 Å². The molecule has 18 heavy (non-hydrogen) atoms. The first-order valence-corrected chi connectivity index (χ1v) is 6.54. The fourth-order valence-electron chi connectivity index (χ4n) is 1.15. The molecular weight excluding hydrogens is 280 g/mol. The van der Waals surface area contributed by atoms with Crippen LogP contribution in [0.15, 0.2) is 40.3 Å². The summed E-state index contributed by atoms with van der Waals surface area (Å²) in [6, 6.07) is 4.03. The number of halogens is 1. The second-order valence-electron chi connectivity index (χ2n) is 3.23. The summed E-state index contributed by atoms with van der Waals surface area (Å²) in [7, 11) is -3.86. The van der Waals surface area contributed by atoms with Crippen LogP contribution in [-0.2, 0) is 10.0 Å². The van der Waals surface area contributed by atoms with Crippen molar-refractivity contribution in [1.29, 1.82) is 0 Å². The van der Waals surface area contributed by atoms with Gasteiger partial charge in [0.25, 0.3) is 15.6 Å². The fraction of sp³-hybridized carbons (Fsp3) is 0. The van der Waals surface area contributed by atoms with Crippen molar-refractivity contribution in [1.82, 2.24) is 15.2 Å². The third-order valence-corrected chi connectivity index (χ3v) is 3.57. The average molecular weight is 287 g/mol. The summed E-state index contributed by atoms with van der Waals surface area (Å²) < 4.78 is 26.0. The summed E-state index contributed by atoms with van der Waals surface area (Å²) >= 11 is 5.56. The van der Waals surface area contributed by atoms with E-state index in [-0.39, 0.29) is 15.7 Å². The Hall–Kier alpha value is -1.93. The Bertz CT molecular complexity index is 714. The quantitative estimate of drug-likeness (QED) is 0.860. The van der Waals surface area contributed by atoms with Gasteiger partial charge in [-0.15, -0.1) is 5.10 Å². The van der Waals surface area contributed by atoms with Gasteiger partial charge in [0.15, 0.2) is 5.82 Å². The molecule has 0 unspecified atom stereocenters.